The third kappa shape index (κ3) is 10.7. The molecule has 0 aliphatic rings. The lowest BCUT2D eigenvalue weighted by Gasteiger charge is -2.08. The molecule has 1 N–H and O–H groups in total. The number of Topliss-reactive ketones (excluding diaryl/α,β-unsaturated/α-hetero) is 2. The van der Waals surface area contributed by atoms with Crippen LogP contribution in [0.3, 0.4) is 0 Å². The number of amides is 1. The normalized spacial score (nSPS) is 11.7. The number of aryl methyl sites for hydroxylation is 1. The SMILES string of the molecule is CCC(C)SC(=O)CCCC(=O)Nc1ccc(CCC(=O)CC(C)=O)cc1.[HH]. The van der Waals surface area contributed by atoms with Gasteiger partial charge in [0.2, 0.25) is 5.91 Å². The summed E-state index contributed by atoms with van der Waals surface area (Å²) < 4.78 is 0. The highest BCUT2D eigenvalue weighted by Gasteiger charge is 2.10. The van der Waals surface area contributed by atoms with Crippen molar-refractivity contribution in [1.29, 1.82) is 0 Å². The van der Waals surface area contributed by atoms with Gasteiger partial charge in [-0.3, -0.25) is 19.2 Å². The molecule has 1 unspecified atom stereocenters. The maximum atomic E-state index is 12.0. The van der Waals surface area contributed by atoms with E-state index in [1.54, 1.807) is 12.1 Å². The summed E-state index contributed by atoms with van der Waals surface area (Å²) in [6.07, 6.45) is 3.14. The van der Waals surface area contributed by atoms with Crippen molar-refractivity contribution in [2.24, 2.45) is 0 Å². The summed E-state index contributed by atoms with van der Waals surface area (Å²) in [6.45, 7) is 5.49. The molecule has 1 rings (SSSR count). The quantitative estimate of drug-likeness (QED) is 0.526. The lowest BCUT2D eigenvalue weighted by atomic mass is 10.0. The highest BCUT2D eigenvalue weighted by atomic mass is 32.2. The van der Waals surface area contributed by atoms with Crippen molar-refractivity contribution in [2.45, 2.75) is 71.0 Å². The van der Waals surface area contributed by atoms with Gasteiger partial charge in [-0.15, -0.1) is 0 Å². The zero-order valence-corrected chi connectivity index (χ0v) is 17.2. The second kappa shape index (κ2) is 12.4. The van der Waals surface area contributed by atoms with Crippen LogP contribution in [-0.2, 0) is 25.6 Å². The molecular weight excluding hydrogens is 362 g/mol. The summed E-state index contributed by atoms with van der Waals surface area (Å²) in [5, 5.41) is 3.28. The van der Waals surface area contributed by atoms with E-state index in [2.05, 4.69) is 5.32 Å². The lowest BCUT2D eigenvalue weighted by Crippen LogP contribution is -2.12. The second-order valence-electron chi connectivity index (χ2n) is 6.72. The Morgan fingerprint density at radius 1 is 1.07 bits per heavy atom. The van der Waals surface area contributed by atoms with Crippen LogP contribution >= 0.6 is 11.8 Å². The van der Waals surface area contributed by atoms with E-state index < -0.39 is 0 Å². The summed E-state index contributed by atoms with van der Waals surface area (Å²) in [5.74, 6) is -0.278. The van der Waals surface area contributed by atoms with Gasteiger partial charge < -0.3 is 5.32 Å². The third-order valence-corrected chi connectivity index (χ3v) is 5.27. The molecule has 0 aromatic heterocycles. The fraction of sp³-hybridized carbons (Fsp3) is 0.524. The largest absolute Gasteiger partial charge is 0.326 e. The van der Waals surface area contributed by atoms with E-state index in [1.807, 2.05) is 26.0 Å². The molecule has 0 spiro atoms. The molecule has 0 fully saturated rings. The number of hydrogen-bond acceptors (Lipinski definition) is 5. The van der Waals surface area contributed by atoms with Crippen LogP contribution in [0.5, 0.6) is 0 Å². The molecule has 0 aliphatic heterocycles. The minimum Gasteiger partial charge on any atom is -0.326 e. The molecule has 0 saturated heterocycles. The van der Waals surface area contributed by atoms with Gasteiger partial charge in [0, 0.05) is 31.6 Å². The molecule has 0 saturated carbocycles. The molecule has 5 nitrogen and oxygen atoms in total. The Morgan fingerprint density at radius 3 is 2.33 bits per heavy atom. The van der Waals surface area contributed by atoms with Gasteiger partial charge in [-0.25, -0.2) is 0 Å². The van der Waals surface area contributed by atoms with Crippen molar-refractivity contribution in [3.05, 3.63) is 29.8 Å². The molecule has 6 heteroatoms. The van der Waals surface area contributed by atoms with Crippen molar-refractivity contribution < 1.29 is 20.6 Å². The monoisotopic (exact) mass is 393 g/mol. The highest BCUT2D eigenvalue weighted by molar-refractivity contribution is 8.14. The van der Waals surface area contributed by atoms with Crippen molar-refractivity contribution in [3.8, 4) is 0 Å². The summed E-state index contributed by atoms with van der Waals surface area (Å²) >= 11 is 1.35. The summed E-state index contributed by atoms with van der Waals surface area (Å²) in [4.78, 5) is 46.2. The maximum absolute atomic E-state index is 12.0. The van der Waals surface area contributed by atoms with Gasteiger partial charge in [0.05, 0.1) is 6.42 Å². The Balaban J connectivity index is 0.00000729. The van der Waals surface area contributed by atoms with E-state index >= 15 is 0 Å². The van der Waals surface area contributed by atoms with Gasteiger partial charge >= 0.3 is 0 Å². The van der Waals surface area contributed by atoms with E-state index in [4.69, 9.17) is 0 Å². The molecule has 0 bridgehead atoms. The predicted octanol–water partition coefficient (Wildman–Crippen LogP) is 4.58. The number of rotatable bonds is 12. The van der Waals surface area contributed by atoms with Crippen molar-refractivity contribution in [1.82, 2.24) is 0 Å². The number of carbonyl (C=O) groups excluding carboxylic acids is 4. The zero-order valence-electron chi connectivity index (χ0n) is 16.4. The van der Waals surface area contributed by atoms with E-state index in [0.717, 1.165) is 12.0 Å². The van der Waals surface area contributed by atoms with Crippen LogP contribution in [0, 0.1) is 0 Å². The first-order valence-electron chi connectivity index (χ1n) is 9.39. The Kier molecular flexibility index (Phi) is 10.6. The molecule has 1 aromatic rings. The number of ketones is 2. The van der Waals surface area contributed by atoms with Crippen molar-refractivity contribution in [2.75, 3.05) is 5.32 Å². The predicted molar refractivity (Wildman–Crippen MR) is 112 cm³/mol. The Bertz CT molecular complexity index is 661. The number of benzene rings is 1. The first-order valence-corrected chi connectivity index (χ1v) is 10.3. The van der Waals surface area contributed by atoms with Gasteiger partial charge in [0.25, 0.3) is 0 Å². The molecule has 150 valence electrons. The average Bonchev–Trinajstić information content (AvgIpc) is 2.60. The van der Waals surface area contributed by atoms with E-state index in [-0.39, 0.29) is 30.4 Å². The van der Waals surface area contributed by atoms with Crippen LogP contribution in [0.25, 0.3) is 0 Å². The van der Waals surface area contributed by atoms with Gasteiger partial charge in [0.15, 0.2) is 5.12 Å². The fourth-order valence-electron chi connectivity index (χ4n) is 2.39. The summed E-state index contributed by atoms with van der Waals surface area (Å²) in [5.41, 5.74) is 1.68. The number of hydrogen-bond donors (Lipinski definition) is 1. The minimum atomic E-state index is -0.113. The summed E-state index contributed by atoms with van der Waals surface area (Å²) in [6, 6.07) is 7.32. The molecule has 1 aromatic carbocycles. The van der Waals surface area contributed by atoms with Crippen LogP contribution in [0.1, 0.15) is 66.3 Å². The first-order chi connectivity index (χ1) is 12.8. The smallest absolute Gasteiger partial charge is 0.224 e. The lowest BCUT2D eigenvalue weighted by molar-refractivity contribution is -0.126. The third-order valence-electron chi connectivity index (χ3n) is 4.07. The summed E-state index contributed by atoms with van der Waals surface area (Å²) in [7, 11) is 0. The highest BCUT2D eigenvalue weighted by Crippen LogP contribution is 2.18. The molecular formula is C21H31NO4S. The van der Waals surface area contributed by atoms with Crippen LogP contribution in [0.15, 0.2) is 24.3 Å². The van der Waals surface area contributed by atoms with Crippen molar-refractivity contribution >= 4 is 40.0 Å². The van der Waals surface area contributed by atoms with Gasteiger partial charge in [0.1, 0.15) is 11.6 Å². The second-order valence-corrected chi connectivity index (χ2v) is 8.22. The average molecular weight is 394 g/mol. The molecule has 1 atom stereocenters. The zero-order chi connectivity index (χ0) is 20.2. The first kappa shape index (κ1) is 23.1. The number of carbonyl (C=O) groups is 4. The number of nitrogens with one attached hydrogen (secondary N) is 1. The number of thioether (sulfide) groups is 1. The molecule has 1 amide bonds. The molecule has 27 heavy (non-hydrogen) atoms. The minimum absolute atomic E-state index is 0. The van der Waals surface area contributed by atoms with Crippen LogP contribution in [-0.4, -0.2) is 27.8 Å². The van der Waals surface area contributed by atoms with Crippen LogP contribution in [0.2, 0.25) is 0 Å². The van der Waals surface area contributed by atoms with Crippen LogP contribution < -0.4 is 5.32 Å². The maximum Gasteiger partial charge on any atom is 0.224 e. The molecule has 0 heterocycles. The topological polar surface area (TPSA) is 80.3 Å². The van der Waals surface area contributed by atoms with Crippen LogP contribution in [0.4, 0.5) is 5.69 Å². The van der Waals surface area contributed by atoms with E-state index in [1.165, 1.54) is 18.7 Å². The van der Waals surface area contributed by atoms with Gasteiger partial charge in [-0.2, -0.15) is 0 Å². The standard InChI is InChI=1S/C21H29NO4S.H2/c1-4-16(3)27-21(26)7-5-6-20(25)22-18-11-8-17(9-12-18)10-13-19(24)14-15(2)23;/h8-9,11-12,16H,4-7,10,13-14H2,1-3H3,(H,22,25);1H. The van der Waals surface area contributed by atoms with E-state index in [9.17, 15) is 19.2 Å². The Hall–Kier alpha value is -1.95. The van der Waals surface area contributed by atoms with Gasteiger partial charge in [-0.1, -0.05) is 37.7 Å². The van der Waals surface area contributed by atoms with Crippen molar-refractivity contribution in [3.63, 3.8) is 0 Å². The fourth-order valence-corrected chi connectivity index (χ4v) is 3.27. The Morgan fingerprint density at radius 2 is 1.74 bits per heavy atom. The number of anilines is 1. The molecule has 0 aliphatic carbocycles. The Labute approximate surface area is 167 Å². The van der Waals surface area contributed by atoms with E-state index in [0.29, 0.717) is 43.0 Å². The van der Waals surface area contributed by atoms with Gasteiger partial charge in [-0.05, 0) is 43.9 Å². The molecule has 0 radical (unpaired) electrons.